The number of nitrogens with one attached hydrogen (secondary N) is 1. The third-order valence-electron chi connectivity index (χ3n) is 2.77. The van der Waals surface area contributed by atoms with Gasteiger partial charge in [0.05, 0.1) is 0 Å². The fourth-order valence-electron chi connectivity index (χ4n) is 1.88. The van der Waals surface area contributed by atoms with E-state index in [1.165, 1.54) is 6.26 Å². The molecular formula is C10H15N3O2. The summed E-state index contributed by atoms with van der Waals surface area (Å²) < 4.78 is 4.67. The summed E-state index contributed by atoms with van der Waals surface area (Å²) in [6, 6.07) is 2.00. The van der Waals surface area contributed by atoms with Crippen LogP contribution >= 0.6 is 0 Å². The minimum atomic E-state index is -0.0382. The Morgan fingerprint density at radius 3 is 3.27 bits per heavy atom. The van der Waals surface area contributed by atoms with Crippen LogP contribution in [0.2, 0.25) is 0 Å². The standard InChI is InChI=1S/C10H15N3O2/c1-11-8-3-2-5-13(7-8)10(14)9-4-6-15-12-9/h4,6,8,11H,2-3,5,7H2,1H3. The lowest BCUT2D eigenvalue weighted by atomic mass is 10.1. The molecule has 1 aromatic heterocycles. The number of carbonyl (C=O) groups is 1. The van der Waals surface area contributed by atoms with E-state index in [4.69, 9.17) is 0 Å². The molecule has 5 heteroatoms. The molecule has 0 bridgehead atoms. The van der Waals surface area contributed by atoms with E-state index in [1.807, 2.05) is 11.9 Å². The Morgan fingerprint density at radius 2 is 2.60 bits per heavy atom. The smallest absolute Gasteiger partial charge is 0.276 e. The highest BCUT2D eigenvalue weighted by Gasteiger charge is 2.24. The lowest BCUT2D eigenvalue weighted by Crippen LogP contribution is -2.47. The quantitative estimate of drug-likeness (QED) is 0.770. The van der Waals surface area contributed by atoms with Crippen LogP contribution in [-0.2, 0) is 0 Å². The third kappa shape index (κ3) is 2.18. The normalized spacial score (nSPS) is 21.7. The fourth-order valence-corrected chi connectivity index (χ4v) is 1.88. The van der Waals surface area contributed by atoms with Gasteiger partial charge in [0.15, 0.2) is 5.69 Å². The maximum absolute atomic E-state index is 11.9. The molecule has 15 heavy (non-hydrogen) atoms. The Hall–Kier alpha value is -1.36. The lowest BCUT2D eigenvalue weighted by molar-refractivity contribution is 0.0687. The van der Waals surface area contributed by atoms with Gasteiger partial charge in [-0.25, -0.2) is 0 Å². The second kappa shape index (κ2) is 4.44. The highest BCUT2D eigenvalue weighted by Crippen LogP contribution is 2.12. The van der Waals surface area contributed by atoms with Crippen LogP contribution in [0.3, 0.4) is 0 Å². The van der Waals surface area contributed by atoms with Gasteiger partial charge in [0, 0.05) is 25.2 Å². The molecule has 2 rings (SSSR count). The number of nitrogens with zero attached hydrogens (tertiary/aromatic N) is 2. The van der Waals surface area contributed by atoms with Crippen molar-refractivity contribution in [2.45, 2.75) is 18.9 Å². The predicted octanol–water partition coefficient (Wildman–Crippen LogP) is 0.499. The molecule has 5 nitrogen and oxygen atoms in total. The van der Waals surface area contributed by atoms with E-state index < -0.39 is 0 Å². The number of piperidine rings is 1. The second-order valence-corrected chi connectivity index (χ2v) is 3.76. The summed E-state index contributed by atoms with van der Waals surface area (Å²) in [6.45, 7) is 1.56. The van der Waals surface area contributed by atoms with Crippen LogP contribution in [0.1, 0.15) is 23.3 Å². The summed E-state index contributed by atoms with van der Waals surface area (Å²) in [5, 5.41) is 6.85. The van der Waals surface area contributed by atoms with Gasteiger partial charge in [-0.3, -0.25) is 4.79 Å². The first-order valence-electron chi connectivity index (χ1n) is 5.18. The molecule has 0 radical (unpaired) electrons. The van der Waals surface area contributed by atoms with Gasteiger partial charge < -0.3 is 14.7 Å². The molecule has 1 N–H and O–H groups in total. The van der Waals surface area contributed by atoms with Crippen molar-refractivity contribution >= 4 is 5.91 Å². The number of hydrogen-bond acceptors (Lipinski definition) is 4. The van der Waals surface area contributed by atoms with Crippen LogP contribution < -0.4 is 5.32 Å². The molecule has 1 aliphatic heterocycles. The molecule has 1 atom stereocenters. The van der Waals surface area contributed by atoms with Gasteiger partial charge in [-0.1, -0.05) is 5.16 Å². The zero-order chi connectivity index (χ0) is 10.7. The average molecular weight is 209 g/mol. The van der Waals surface area contributed by atoms with Gasteiger partial charge in [0.1, 0.15) is 6.26 Å². The summed E-state index contributed by atoms with van der Waals surface area (Å²) in [7, 11) is 1.93. The van der Waals surface area contributed by atoms with Crippen LogP contribution in [0.15, 0.2) is 16.9 Å². The Balaban J connectivity index is 2.01. The molecule has 1 aliphatic rings. The van der Waals surface area contributed by atoms with Crippen molar-refractivity contribution < 1.29 is 9.32 Å². The molecule has 0 spiro atoms. The topological polar surface area (TPSA) is 58.4 Å². The van der Waals surface area contributed by atoms with E-state index in [1.54, 1.807) is 6.07 Å². The van der Waals surface area contributed by atoms with Crippen molar-refractivity contribution in [1.82, 2.24) is 15.4 Å². The van der Waals surface area contributed by atoms with Crippen LogP contribution in [0.4, 0.5) is 0 Å². The Kier molecular flexibility index (Phi) is 3.01. The molecule has 0 aromatic carbocycles. The van der Waals surface area contributed by atoms with E-state index in [-0.39, 0.29) is 5.91 Å². The first-order chi connectivity index (χ1) is 7.31. The molecule has 1 unspecified atom stereocenters. The van der Waals surface area contributed by atoms with E-state index >= 15 is 0 Å². The lowest BCUT2D eigenvalue weighted by Gasteiger charge is -2.31. The first-order valence-corrected chi connectivity index (χ1v) is 5.18. The number of likely N-dealkylation sites (N-methyl/N-ethyl adjacent to an activating group) is 1. The summed E-state index contributed by atoms with van der Waals surface area (Å²) in [4.78, 5) is 13.7. The molecule has 1 amide bonds. The van der Waals surface area contributed by atoms with Crippen LogP contribution in [0.5, 0.6) is 0 Å². The minimum absolute atomic E-state index is 0.0382. The van der Waals surface area contributed by atoms with E-state index in [0.29, 0.717) is 11.7 Å². The number of amides is 1. The minimum Gasteiger partial charge on any atom is -0.364 e. The van der Waals surface area contributed by atoms with Crippen molar-refractivity contribution in [2.75, 3.05) is 20.1 Å². The van der Waals surface area contributed by atoms with Gasteiger partial charge in [0.2, 0.25) is 0 Å². The molecule has 0 saturated carbocycles. The van der Waals surface area contributed by atoms with Crippen molar-refractivity contribution in [3.05, 3.63) is 18.0 Å². The average Bonchev–Trinajstić information content (AvgIpc) is 2.81. The Bertz CT molecular complexity index is 323. The van der Waals surface area contributed by atoms with Crippen molar-refractivity contribution in [3.63, 3.8) is 0 Å². The maximum Gasteiger partial charge on any atom is 0.276 e. The van der Waals surface area contributed by atoms with Gasteiger partial charge in [-0.2, -0.15) is 0 Å². The van der Waals surface area contributed by atoms with Gasteiger partial charge >= 0.3 is 0 Å². The highest BCUT2D eigenvalue weighted by atomic mass is 16.5. The van der Waals surface area contributed by atoms with Crippen LogP contribution in [0.25, 0.3) is 0 Å². The zero-order valence-electron chi connectivity index (χ0n) is 8.77. The van der Waals surface area contributed by atoms with Gasteiger partial charge in [0.25, 0.3) is 5.91 Å². The number of aromatic nitrogens is 1. The number of carbonyl (C=O) groups excluding carboxylic acids is 1. The number of hydrogen-bond donors (Lipinski definition) is 1. The van der Waals surface area contributed by atoms with E-state index in [2.05, 4.69) is 15.0 Å². The second-order valence-electron chi connectivity index (χ2n) is 3.76. The first kappa shape index (κ1) is 10.2. The molecule has 1 fully saturated rings. The Morgan fingerprint density at radius 1 is 1.73 bits per heavy atom. The van der Waals surface area contributed by atoms with Crippen molar-refractivity contribution in [3.8, 4) is 0 Å². The zero-order valence-corrected chi connectivity index (χ0v) is 8.77. The van der Waals surface area contributed by atoms with Crippen molar-refractivity contribution in [2.24, 2.45) is 0 Å². The predicted molar refractivity (Wildman–Crippen MR) is 54.5 cm³/mol. The number of rotatable bonds is 2. The van der Waals surface area contributed by atoms with Crippen LogP contribution in [0, 0.1) is 0 Å². The summed E-state index contributed by atoms with van der Waals surface area (Å²) >= 11 is 0. The summed E-state index contributed by atoms with van der Waals surface area (Å²) in [5.74, 6) is -0.0382. The van der Waals surface area contributed by atoms with Crippen LogP contribution in [-0.4, -0.2) is 42.1 Å². The molecule has 82 valence electrons. The Labute approximate surface area is 88.4 Å². The SMILES string of the molecule is CNC1CCCN(C(=O)c2ccon2)C1. The largest absolute Gasteiger partial charge is 0.364 e. The van der Waals surface area contributed by atoms with E-state index in [9.17, 15) is 4.79 Å². The summed E-state index contributed by atoms with van der Waals surface area (Å²) in [6.07, 6.45) is 3.58. The molecular weight excluding hydrogens is 194 g/mol. The van der Waals surface area contributed by atoms with Gasteiger partial charge in [-0.15, -0.1) is 0 Å². The molecule has 1 saturated heterocycles. The molecule has 1 aromatic rings. The number of likely N-dealkylation sites (tertiary alicyclic amines) is 1. The maximum atomic E-state index is 11.9. The third-order valence-corrected chi connectivity index (χ3v) is 2.77. The fraction of sp³-hybridized carbons (Fsp3) is 0.600. The van der Waals surface area contributed by atoms with E-state index in [0.717, 1.165) is 25.9 Å². The summed E-state index contributed by atoms with van der Waals surface area (Å²) in [5.41, 5.74) is 0.395. The highest BCUT2D eigenvalue weighted by molar-refractivity contribution is 5.92. The monoisotopic (exact) mass is 209 g/mol. The van der Waals surface area contributed by atoms with Gasteiger partial charge in [-0.05, 0) is 19.9 Å². The molecule has 0 aliphatic carbocycles. The molecule has 2 heterocycles. The van der Waals surface area contributed by atoms with Crippen molar-refractivity contribution in [1.29, 1.82) is 0 Å².